The fourth-order valence-electron chi connectivity index (χ4n) is 4.16. The molecule has 0 fully saturated rings. The van der Waals surface area contributed by atoms with Crippen molar-refractivity contribution in [2.75, 3.05) is 32.3 Å². The molecule has 168 valence electrons. The zero-order chi connectivity index (χ0) is 22.2. The third kappa shape index (κ3) is 5.61. The van der Waals surface area contributed by atoms with Gasteiger partial charge in [0.1, 0.15) is 18.1 Å². The van der Waals surface area contributed by atoms with E-state index < -0.39 is 0 Å². The summed E-state index contributed by atoms with van der Waals surface area (Å²) in [6, 6.07) is 25.4. The first-order valence-corrected chi connectivity index (χ1v) is 11.2. The van der Waals surface area contributed by atoms with Crippen LogP contribution in [0.3, 0.4) is 0 Å². The molecule has 0 saturated carbocycles. The summed E-state index contributed by atoms with van der Waals surface area (Å²) in [4.78, 5) is 2.48. The predicted molar refractivity (Wildman–Crippen MR) is 128 cm³/mol. The summed E-state index contributed by atoms with van der Waals surface area (Å²) >= 11 is 0. The molecule has 1 aliphatic heterocycles. The average Bonchev–Trinajstić information content (AvgIpc) is 2.85. The van der Waals surface area contributed by atoms with Crippen LogP contribution in [0.25, 0.3) is 0 Å². The Balaban J connectivity index is 1.46. The van der Waals surface area contributed by atoms with Crippen molar-refractivity contribution in [1.29, 1.82) is 0 Å². The van der Waals surface area contributed by atoms with Crippen molar-refractivity contribution >= 4 is 5.69 Å². The van der Waals surface area contributed by atoms with Crippen LogP contribution in [0.2, 0.25) is 0 Å². The predicted octanol–water partition coefficient (Wildman–Crippen LogP) is 4.79. The van der Waals surface area contributed by atoms with Gasteiger partial charge in [0, 0.05) is 25.9 Å². The van der Waals surface area contributed by atoms with E-state index in [9.17, 15) is 0 Å². The molecule has 3 aromatic carbocycles. The standard InChI is InChI=1S/C27H32N2O3/c1-30-16-17-32-24-11-8-21(9-12-24)19-28-27-15-10-23-18-25(31-2)13-14-26(23)29(27)20-22-6-4-3-5-7-22/h3-9,11-14,18,27-28H,10,15-17,19-20H2,1-2H3. The minimum Gasteiger partial charge on any atom is -0.497 e. The summed E-state index contributed by atoms with van der Waals surface area (Å²) in [5, 5.41) is 3.78. The van der Waals surface area contributed by atoms with Crippen molar-refractivity contribution in [2.24, 2.45) is 0 Å². The van der Waals surface area contributed by atoms with Crippen molar-refractivity contribution < 1.29 is 14.2 Å². The van der Waals surface area contributed by atoms with Crippen LogP contribution in [0.15, 0.2) is 72.8 Å². The lowest BCUT2D eigenvalue weighted by Gasteiger charge is -2.40. The summed E-state index contributed by atoms with van der Waals surface area (Å²) < 4.78 is 16.2. The minimum atomic E-state index is 0.258. The fourth-order valence-corrected chi connectivity index (χ4v) is 4.16. The van der Waals surface area contributed by atoms with Gasteiger partial charge in [-0.25, -0.2) is 0 Å². The van der Waals surface area contributed by atoms with Gasteiger partial charge >= 0.3 is 0 Å². The van der Waals surface area contributed by atoms with Gasteiger partial charge in [-0.15, -0.1) is 0 Å². The highest BCUT2D eigenvalue weighted by Crippen LogP contribution is 2.34. The Hall–Kier alpha value is -3.02. The number of nitrogens with zero attached hydrogens (tertiary/aromatic N) is 1. The van der Waals surface area contributed by atoms with E-state index in [1.54, 1.807) is 14.2 Å². The number of benzene rings is 3. The first kappa shape index (κ1) is 22.2. The van der Waals surface area contributed by atoms with E-state index >= 15 is 0 Å². The van der Waals surface area contributed by atoms with Gasteiger partial charge in [0.15, 0.2) is 0 Å². The molecule has 5 heteroatoms. The summed E-state index contributed by atoms with van der Waals surface area (Å²) in [6.07, 6.45) is 2.33. The lowest BCUT2D eigenvalue weighted by molar-refractivity contribution is 0.146. The maximum absolute atomic E-state index is 5.67. The van der Waals surface area contributed by atoms with Crippen LogP contribution in [0.1, 0.15) is 23.1 Å². The number of ether oxygens (including phenoxy) is 3. The molecule has 1 aliphatic rings. The van der Waals surface area contributed by atoms with Crippen LogP contribution < -0.4 is 19.7 Å². The second-order valence-electron chi connectivity index (χ2n) is 8.03. The second-order valence-corrected chi connectivity index (χ2v) is 8.03. The average molecular weight is 433 g/mol. The Morgan fingerprint density at radius 1 is 0.875 bits per heavy atom. The number of methoxy groups -OCH3 is 2. The van der Waals surface area contributed by atoms with Crippen LogP contribution in [0, 0.1) is 0 Å². The molecule has 1 heterocycles. The van der Waals surface area contributed by atoms with Crippen LogP contribution in [0.5, 0.6) is 11.5 Å². The first-order valence-electron chi connectivity index (χ1n) is 11.2. The van der Waals surface area contributed by atoms with E-state index in [1.165, 1.54) is 22.4 Å². The molecule has 0 aromatic heterocycles. The smallest absolute Gasteiger partial charge is 0.119 e. The van der Waals surface area contributed by atoms with Gasteiger partial charge < -0.3 is 19.1 Å². The van der Waals surface area contributed by atoms with Crippen LogP contribution in [-0.2, 0) is 24.2 Å². The van der Waals surface area contributed by atoms with Crippen LogP contribution >= 0.6 is 0 Å². The molecule has 0 aliphatic carbocycles. The Labute approximate surface area is 190 Å². The summed E-state index contributed by atoms with van der Waals surface area (Å²) in [5.41, 5.74) is 5.17. The zero-order valence-corrected chi connectivity index (χ0v) is 18.9. The second kappa shape index (κ2) is 11.0. The molecule has 1 N–H and O–H groups in total. The van der Waals surface area contributed by atoms with Gasteiger partial charge in [-0.1, -0.05) is 42.5 Å². The lowest BCUT2D eigenvalue weighted by atomic mass is 9.98. The molecule has 5 nitrogen and oxygen atoms in total. The molecule has 3 aromatic rings. The number of rotatable bonds is 10. The normalized spacial score (nSPS) is 15.3. The highest BCUT2D eigenvalue weighted by Gasteiger charge is 2.26. The quantitative estimate of drug-likeness (QED) is 0.467. The Bertz CT molecular complexity index is 976. The highest BCUT2D eigenvalue weighted by molar-refractivity contribution is 5.59. The number of nitrogens with one attached hydrogen (secondary N) is 1. The molecule has 0 bridgehead atoms. The largest absolute Gasteiger partial charge is 0.497 e. The lowest BCUT2D eigenvalue weighted by Crippen LogP contribution is -2.48. The molecular weight excluding hydrogens is 400 g/mol. The van der Waals surface area contributed by atoms with Crippen molar-refractivity contribution in [1.82, 2.24) is 5.32 Å². The first-order chi connectivity index (χ1) is 15.8. The summed E-state index contributed by atoms with van der Waals surface area (Å²) in [5.74, 6) is 1.79. The Kier molecular flexibility index (Phi) is 7.64. The summed E-state index contributed by atoms with van der Waals surface area (Å²) in [6.45, 7) is 2.83. The maximum Gasteiger partial charge on any atom is 0.119 e. The Morgan fingerprint density at radius 2 is 1.66 bits per heavy atom. The number of hydrogen-bond acceptors (Lipinski definition) is 5. The van der Waals surface area contributed by atoms with E-state index in [1.807, 2.05) is 12.1 Å². The molecule has 1 unspecified atom stereocenters. The number of hydrogen-bond donors (Lipinski definition) is 1. The number of fused-ring (bicyclic) bond motifs is 1. The number of aryl methyl sites for hydroxylation is 1. The molecule has 4 rings (SSSR count). The Morgan fingerprint density at radius 3 is 2.41 bits per heavy atom. The van der Waals surface area contributed by atoms with Gasteiger partial charge in [-0.2, -0.15) is 0 Å². The summed E-state index contributed by atoms with van der Waals surface area (Å²) in [7, 11) is 3.41. The van der Waals surface area contributed by atoms with Gasteiger partial charge in [-0.05, 0) is 59.9 Å². The van der Waals surface area contributed by atoms with E-state index in [4.69, 9.17) is 14.2 Å². The minimum absolute atomic E-state index is 0.258. The van der Waals surface area contributed by atoms with Gasteiger partial charge in [0.05, 0.1) is 19.9 Å². The van der Waals surface area contributed by atoms with E-state index in [2.05, 4.69) is 70.9 Å². The molecule has 0 spiro atoms. The third-order valence-corrected chi connectivity index (χ3v) is 5.88. The van der Waals surface area contributed by atoms with Crippen molar-refractivity contribution in [3.05, 3.63) is 89.5 Å². The number of anilines is 1. The topological polar surface area (TPSA) is 43.0 Å². The van der Waals surface area contributed by atoms with E-state index in [0.29, 0.717) is 13.2 Å². The maximum atomic E-state index is 5.67. The van der Waals surface area contributed by atoms with Gasteiger partial charge in [0.2, 0.25) is 0 Å². The molecule has 32 heavy (non-hydrogen) atoms. The van der Waals surface area contributed by atoms with Crippen molar-refractivity contribution in [3.63, 3.8) is 0 Å². The van der Waals surface area contributed by atoms with Crippen molar-refractivity contribution in [2.45, 2.75) is 32.1 Å². The van der Waals surface area contributed by atoms with Crippen LogP contribution in [0.4, 0.5) is 5.69 Å². The zero-order valence-electron chi connectivity index (χ0n) is 18.9. The molecule has 0 saturated heterocycles. The SMILES string of the molecule is COCCOc1ccc(CNC2CCc3cc(OC)ccc3N2Cc2ccccc2)cc1. The van der Waals surface area contributed by atoms with Gasteiger partial charge in [0.25, 0.3) is 0 Å². The van der Waals surface area contributed by atoms with Crippen LogP contribution in [-0.4, -0.2) is 33.6 Å². The molecule has 0 amide bonds. The molecular formula is C27H32N2O3. The fraction of sp³-hybridized carbons (Fsp3) is 0.333. The third-order valence-electron chi connectivity index (χ3n) is 5.88. The van der Waals surface area contributed by atoms with Gasteiger partial charge in [-0.3, -0.25) is 5.32 Å². The highest BCUT2D eigenvalue weighted by atomic mass is 16.5. The molecule has 0 radical (unpaired) electrons. The van der Waals surface area contributed by atoms with Crippen molar-refractivity contribution in [3.8, 4) is 11.5 Å². The van der Waals surface area contributed by atoms with E-state index in [0.717, 1.165) is 37.4 Å². The van der Waals surface area contributed by atoms with E-state index in [-0.39, 0.29) is 6.17 Å². The monoisotopic (exact) mass is 432 g/mol. The molecule has 1 atom stereocenters.